The van der Waals surface area contributed by atoms with Crippen molar-refractivity contribution in [1.82, 2.24) is 14.4 Å². The minimum Gasteiger partial charge on any atom is -0.199 e. The van der Waals surface area contributed by atoms with Gasteiger partial charge >= 0.3 is 0 Å². The molecule has 0 aliphatic rings. The molecule has 4 rings (SSSR count). The van der Waals surface area contributed by atoms with Crippen LogP contribution in [0.1, 0.15) is 5.56 Å². The van der Waals surface area contributed by atoms with Gasteiger partial charge in [0.05, 0.1) is 11.1 Å². The van der Waals surface area contributed by atoms with Crippen molar-refractivity contribution in [2.75, 3.05) is 0 Å². The first-order chi connectivity index (χ1) is 13.0. The quantitative estimate of drug-likeness (QED) is 0.537. The van der Waals surface area contributed by atoms with Crippen LogP contribution in [0, 0.1) is 6.92 Å². The van der Waals surface area contributed by atoms with E-state index in [2.05, 4.69) is 10.3 Å². The van der Waals surface area contributed by atoms with Crippen LogP contribution in [0.3, 0.4) is 0 Å². The lowest BCUT2D eigenvalue weighted by Crippen LogP contribution is -2.13. The van der Waals surface area contributed by atoms with Gasteiger partial charge in [0.15, 0.2) is 0 Å². The molecule has 4 aromatic rings. The van der Waals surface area contributed by atoms with Crippen molar-refractivity contribution in [2.24, 2.45) is 0 Å². The summed E-state index contributed by atoms with van der Waals surface area (Å²) in [4.78, 5) is 0.184. The Kier molecular flexibility index (Phi) is 4.33. The molecule has 134 valence electrons. The van der Waals surface area contributed by atoms with Crippen LogP contribution >= 0.6 is 0 Å². The van der Waals surface area contributed by atoms with Gasteiger partial charge < -0.3 is 0 Å². The van der Waals surface area contributed by atoms with Gasteiger partial charge in [0.25, 0.3) is 10.0 Å². The smallest absolute Gasteiger partial charge is 0.199 e. The van der Waals surface area contributed by atoms with Crippen LogP contribution in [-0.4, -0.2) is 22.8 Å². The van der Waals surface area contributed by atoms with E-state index in [4.69, 9.17) is 0 Å². The fourth-order valence-electron chi connectivity index (χ4n) is 2.78. The van der Waals surface area contributed by atoms with Crippen molar-refractivity contribution in [3.8, 4) is 22.4 Å². The molecule has 0 radical (unpaired) electrons. The number of nitrogens with zero attached hydrogens (tertiary/aromatic N) is 3. The number of rotatable bonds is 4. The molecular formula is C21H17N3O2S. The summed E-state index contributed by atoms with van der Waals surface area (Å²) in [5.41, 5.74) is 4.51. The van der Waals surface area contributed by atoms with Crippen molar-refractivity contribution in [2.45, 2.75) is 11.8 Å². The minimum absolute atomic E-state index is 0.184. The fourth-order valence-corrected chi connectivity index (χ4v) is 3.85. The Balaban J connectivity index is 1.63. The van der Waals surface area contributed by atoms with E-state index >= 15 is 0 Å². The second-order valence-electron chi connectivity index (χ2n) is 6.24. The van der Waals surface area contributed by atoms with E-state index in [0.717, 1.165) is 26.3 Å². The van der Waals surface area contributed by atoms with Crippen LogP contribution in [0.15, 0.2) is 90.0 Å². The van der Waals surface area contributed by atoms with Crippen molar-refractivity contribution in [3.05, 3.63) is 90.6 Å². The lowest BCUT2D eigenvalue weighted by molar-refractivity contribution is 0.577. The summed E-state index contributed by atoms with van der Waals surface area (Å²) in [6.45, 7) is 1.91. The number of hydrogen-bond acceptors (Lipinski definition) is 4. The SMILES string of the molecule is Cc1ccc(S(=O)(=O)n2cc(-c3ccc(-c4ccccc4)cc3)nn2)cc1. The van der Waals surface area contributed by atoms with E-state index in [0.29, 0.717) is 5.69 Å². The molecule has 0 fully saturated rings. The van der Waals surface area contributed by atoms with Gasteiger partial charge in [-0.05, 0) is 30.2 Å². The predicted molar refractivity (Wildman–Crippen MR) is 105 cm³/mol. The molecule has 0 spiro atoms. The van der Waals surface area contributed by atoms with E-state index in [1.54, 1.807) is 24.3 Å². The van der Waals surface area contributed by atoms with Gasteiger partial charge in [0, 0.05) is 5.56 Å². The molecule has 0 N–H and O–H groups in total. The fraction of sp³-hybridized carbons (Fsp3) is 0.0476. The third-order valence-corrected chi connectivity index (χ3v) is 5.87. The van der Waals surface area contributed by atoms with Crippen LogP contribution in [0.5, 0.6) is 0 Å². The summed E-state index contributed by atoms with van der Waals surface area (Å²) in [5.74, 6) is 0. The van der Waals surface area contributed by atoms with E-state index in [9.17, 15) is 8.42 Å². The second-order valence-corrected chi connectivity index (χ2v) is 8.03. The molecule has 0 aliphatic heterocycles. The molecular weight excluding hydrogens is 358 g/mol. The Morgan fingerprint density at radius 2 is 1.33 bits per heavy atom. The van der Waals surface area contributed by atoms with E-state index < -0.39 is 10.0 Å². The maximum absolute atomic E-state index is 12.7. The standard InChI is InChI=1S/C21H17N3O2S/c1-16-7-13-20(14-8-16)27(25,26)24-15-21(22-23-24)19-11-9-18(10-12-19)17-5-3-2-4-6-17/h2-15H,1H3. The molecule has 0 saturated heterocycles. The van der Waals surface area contributed by atoms with Gasteiger partial charge in [0.1, 0.15) is 5.69 Å². The molecule has 1 heterocycles. The Morgan fingerprint density at radius 3 is 2.00 bits per heavy atom. The van der Waals surface area contributed by atoms with Crippen molar-refractivity contribution >= 4 is 10.0 Å². The highest BCUT2D eigenvalue weighted by Gasteiger charge is 2.19. The van der Waals surface area contributed by atoms with Gasteiger partial charge in [-0.3, -0.25) is 0 Å². The van der Waals surface area contributed by atoms with Crippen LogP contribution in [0.4, 0.5) is 0 Å². The van der Waals surface area contributed by atoms with Crippen LogP contribution < -0.4 is 0 Å². The number of aromatic nitrogens is 3. The Bertz CT molecular complexity index is 1160. The summed E-state index contributed by atoms with van der Waals surface area (Å²) < 4.78 is 26.3. The van der Waals surface area contributed by atoms with Gasteiger partial charge in [0.2, 0.25) is 0 Å². The second kappa shape index (κ2) is 6.81. The van der Waals surface area contributed by atoms with E-state index in [1.165, 1.54) is 6.20 Å². The summed E-state index contributed by atoms with van der Waals surface area (Å²) in [6.07, 6.45) is 1.44. The molecule has 27 heavy (non-hydrogen) atoms. The largest absolute Gasteiger partial charge is 0.284 e. The molecule has 5 nitrogen and oxygen atoms in total. The van der Waals surface area contributed by atoms with Crippen LogP contribution in [-0.2, 0) is 10.0 Å². The third-order valence-electron chi connectivity index (χ3n) is 4.33. The molecule has 6 heteroatoms. The summed E-state index contributed by atoms with van der Waals surface area (Å²) >= 11 is 0. The first-order valence-electron chi connectivity index (χ1n) is 8.44. The van der Waals surface area contributed by atoms with Crippen molar-refractivity contribution in [1.29, 1.82) is 0 Å². The maximum atomic E-state index is 12.7. The molecule has 0 saturated carbocycles. The lowest BCUT2D eigenvalue weighted by Gasteiger charge is -2.04. The van der Waals surface area contributed by atoms with Crippen molar-refractivity contribution < 1.29 is 8.42 Å². The topological polar surface area (TPSA) is 64.8 Å². The minimum atomic E-state index is -3.75. The van der Waals surface area contributed by atoms with Gasteiger partial charge in [-0.25, -0.2) is 0 Å². The van der Waals surface area contributed by atoms with Crippen molar-refractivity contribution in [3.63, 3.8) is 0 Å². The number of hydrogen-bond donors (Lipinski definition) is 0. The Hall–Kier alpha value is -3.25. The van der Waals surface area contributed by atoms with Crippen LogP contribution in [0.25, 0.3) is 22.4 Å². The summed E-state index contributed by atoms with van der Waals surface area (Å²) in [7, 11) is -3.75. The monoisotopic (exact) mass is 375 g/mol. The zero-order valence-corrected chi connectivity index (χ0v) is 15.5. The van der Waals surface area contributed by atoms with E-state index in [-0.39, 0.29) is 4.90 Å². The average molecular weight is 375 g/mol. The molecule has 0 atom stereocenters. The highest BCUT2D eigenvalue weighted by molar-refractivity contribution is 7.89. The number of benzene rings is 3. The van der Waals surface area contributed by atoms with E-state index in [1.807, 2.05) is 61.5 Å². The molecule has 0 bridgehead atoms. The summed E-state index contributed by atoms with van der Waals surface area (Å²) in [5, 5.41) is 7.85. The highest BCUT2D eigenvalue weighted by Crippen LogP contribution is 2.24. The van der Waals surface area contributed by atoms with Gasteiger partial charge in [-0.2, -0.15) is 8.42 Å². The molecule has 0 aliphatic carbocycles. The zero-order valence-electron chi connectivity index (χ0n) is 14.6. The maximum Gasteiger partial charge on any atom is 0.284 e. The highest BCUT2D eigenvalue weighted by atomic mass is 32.2. The van der Waals surface area contributed by atoms with Crippen LogP contribution in [0.2, 0.25) is 0 Å². The Labute approximate surface area is 158 Å². The lowest BCUT2D eigenvalue weighted by atomic mass is 10.0. The molecule has 0 unspecified atom stereocenters. The predicted octanol–water partition coefficient (Wildman–Crippen LogP) is 4.16. The molecule has 3 aromatic carbocycles. The normalized spacial score (nSPS) is 11.4. The Morgan fingerprint density at radius 1 is 0.741 bits per heavy atom. The first kappa shape index (κ1) is 17.2. The van der Waals surface area contributed by atoms with Gasteiger partial charge in [-0.15, -0.1) is 9.19 Å². The number of aryl methyl sites for hydroxylation is 1. The third kappa shape index (κ3) is 3.39. The average Bonchev–Trinajstić information content (AvgIpc) is 3.20. The molecule has 1 aromatic heterocycles. The van der Waals surface area contributed by atoms with Gasteiger partial charge in [-0.1, -0.05) is 77.5 Å². The zero-order chi connectivity index (χ0) is 18.9. The summed E-state index contributed by atoms with van der Waals surface area (Å²) in [6, 6.07) is 24.5. The molecule has 0 amide bonds. The first-order valence-corrected chi connectivity index (χ1v) is 9.88.